The average molecular weight is 289 g/mol. The van der Waals surface area contributed by atoms with Crippen molar-refractivity contribution >= 4 is 0 Å². The van der Waals surface area contributed by atoms with Gasteiger partial charge >= 0.3 is 12.4 Å². The summed E-state index contributed by atoms with van der Waals surface area (Å²) in [7, 11) is 0. The molecule has 1 atom stereocenters. The van der Waals surface area contributed by atoms with Crippen LogP contribution in [0.3, 0.4) is 0 Å². The van der Waals surface area contributed by atoms with E-state index in [2.05, 4.69) is 5.32 Å². The highest BCUT2D eigenvalue weighted by atomic mass is 19.4. The Labute approximate surface area is 104 Å². The molecular formula is C11H10F7N. The lowest BCUT2D eigenvalue weighted by atomic mass is 10.0. The van der Waals surface area contributed by atoms with Gasteiger partial charge in [0.2, 0.25) is 0 Å². The summed E-state index contributed by atoms with van der Waals surface area (Å²) in [5.74, 6) is -1.72. The first kappa shape index (κ1) is 15.7. The molecule has 0 aliphatic carbocycles. The molecule has 0 radical (unpaired) electrons. The van der Waals surface area contributed by atoms with Crippen LogP contribution in [0.25, 0.3) is 0 Å². The summed E-state index contributed by atoms with van der Waals surface area (Å²) in [4.78, 5) is 0. The van der Waals surface area contributed by atoms with E-state index in [-0.39, 0.29) is 12.6 Å². The van der Waals surface area contributed by atoms with E-state index in [0.29, 0.717) is 12.1 Å². The second-order valence-corrected chi connectivity index (χ2v) is 3.77. The Morgan fingerprint density at radius 2 is 1.68 bits per heavy atom. The molecule has 0 amide bonds. The van der Waals surface area contributed by atoms with Crippen LogP contribution in [0, 0.1) is 5.82 Å². The number of nitrogens with one attached hydrogen (secondary N) is 1. The van der Waals surface area contributed by atoms with Gasteiger partial charge in [-0.2, -0.15) is 26.3 Å². The molecule has 0 aliphatic rings. The van der Waals surface area contributed by atoms with Gasteiger partial charge in [-0.05, 0) is 24.2 Å². The van der Waals surface area contributed by atoms with E-state index in [4.69, 9.17) is 0 Å². The van der Waals surface area contributed by atoms with Crippen LogP contribution in [-0.4, -0.2) is 12.7 Å². The van der Waals surface area contributed by atoms with Gasteiger partial charge in [0.15, 0.2) is 0 Å². The minimum Gasteiger partial charge on any atom is -0.303 e. The molecule has 0 aliphatic heterocycles. The summed E-state index contributed by atoms with van der Waals surface area (Å²) in [6.45, 7) is 1.34. The van der Waals surface area contributed by atoms with Crippen LogP contribution in [0.15, 0.2) is 18.2 Å². The smallest absolute Gasteiger partial charge is 0.303 e. The molecule has 0 bridgehead atoms. The van der Waals surface area contributed by atoms with E-state index in [1.165, 1.54) is 6.92 Å². The van der Waals surface area contributed by atoms with Crippen molar-refractivity contribution in [2.45, 2.75) is 25.3 Å². The van der Waals surface area contributed by atoms with Crippen molar-refractivity contribution in [2.24, 2.45) is 0 Å². The Balaban J connectivity index is 3.18. The van der Waals surface area contributed by atoms with E-state index in [9.17, 15) is 30.7 Å². The third-order valence-corrected chi connectivity index (χ3v) is 2.37. The van der Waals surface area contributed by atoms with Gasteiger partial charge < -0.3 is 5.32 Å². The third-order valence-electron chi connectivity index (χ3n) is 2.37. The maximum Gasteiger partial charge on any atom is 0.419 e. The molecule has 1 aromatic carbocycles. The molecule has 1 rings (SSSR count). The van der Waals surface area contributed by atoms with Crippen molar-refractivity contribution in [3.05, 3.63) is 35.1 Å². The minimum absolute atomic E-state index is 0.0627. The van der Waals surface area contributed by atoms with Crippen LogP contribution in [0.2, 0.25) is 0 Å². The van der Waals surface area contributed by atoms with Gasteiger partial charge in [-0.1, -0.05) is 13.0 Å². The van der Waals surface area contributed by atoms with Crippen molar-refractivity contribution in [3.8, 4) is 0 Å². The first-order valence-electron chi connectivity index (χ1n) is 5.24. The van der Waals surface area contributed by atoms with E-state index in [1.807, 2.05) is 0 Å². The zero-order chi connectivity index (χ0) is 14.8. The van der Waals surface area contributed by atoms with E-state index in [0.717, 1.165) is 0 Å². The molecule has 0 saturated carbocycles. The molecule has 19 heavy (non-hydrogen) atoms. The van der Waals surface area contributed by atoms with Crippen LogP contribution < -0.4 is 5.32 Å². The van der Waals surface area contributed by atoms with Crippen molar-refractivity contribution in [2.75, 3.05) is 6.54 Å². The zero-order valence-electron chi connectivity index (χ0n) is 9.66. The number of rotatable bonds is 3. The predicted octanol–water partition coefficient (Wildman–Crippen LogP) is 4.06. The fourth-order valence-corrected chi connectivity index (χ4v) is 1.57. The summed E-state index contributed by atoms with van der Waals surface area (Å²) in [5, 5.41) is 2.05. The maximum atomic E-state index is 13.2. The molecule has 0 heterocycles. The fourth-order valence-electron chi connectivity index (χ4n) is 1.57. The molecule has 1 aromatic rings. The number of alkyl halides is 6. The van der Waals surface area contributed by atoms with Crippen molar-refractivity contribution < 1.29 is 30.7 Å². The maximum absolute atomic E-state index is 13.2. The zero-order valence-corrected chi connectivity index (χ0v) is 9.66. The van der Waals surface area contributed by atoms with Crippen LogP contribution in [0.4, 0.5) is 30.7 Å². The molecule has 108 valence electrons. The topological polar surface area (TPSA) is 12.0 Å². The quantitative estimate of drug-likeness (QED) is 0.827. The highest BCUT2D eigenvalue weighted by Gasteiger charge is 2.41. The Kier molecular flexibility index (Phi) is 4.44. The molecule has 0 saturated heterocycles. The summed E-state index contributed by atoms with van der Waals surface area (Å²) in [5.41, 5.74) is -2.19. The van der Waals surface area contributed by atoms with Crippen molar-refractivity contribution in [1.29, 1.82) is 0 Å². The summed E-state index contributed by atoms with van der Waals surface area (Å²) >= 11 is 0. The standard InChI is InChI=1S/C11H10F7N/c1-2-19-9(11(16,17)18)6-3-4-7(8(12)5-6)10(13,14)15/h3-5,9,19H,2H2,1H3. The van der Waals surface area contributed by atoms with Gasteiger partial charge in [0, 0.05) is 0 Å². The lowest BCUT2D eigenvalue weighted by molar-refractivity contribution is -0.157. The van der Waals surface area contributed by atoms with E-state index in [1.54, 1.807) is 0 Å². The van der Waals surface area contributed by atoms with Gasteiger partial charge in [0.05, 0.1) is 5.56 Å². The molecule has 1 unspecified atom stereocenters. The molecule has 1 N–H and O–H groups in total. The second kappa shape index (κ2) is 5.36. The average Bonchev–Trinajstić information content (AvgIpc) is 2.22. The normalized spacial score (nSPS) is 14.5. The molecule has 0 spiro atoms. The van der Waals surface area contributed by atoms with Gasteiger partial charge in [-0.15, -0.1) is 0 Å². The Bertz CT molecular complexity index is 436. The highest BCUT2D eigenvalue weighted by molar-refractivity contribution is 5.29. The minimum atomic E-state index is -4.94. The molecular weight excluding hydrogens is 279 g/mol. The third kappa shape index (κ3) is 3.82. The van der Waals surface area contributed by atoms with Gasteiger partial charge in [-0.3, -0.25) is 0 Å². The van der Waals surface area contributed by atoms with Gasteiger partial charge in [0.25, 0.3) is 0 Å². The lowest BCUT2D eigenvalue weighted by Crippen LogP contribution is -2.34. The predicted molar refractivity (Wildman–Crippen MR) is 53.9 cm³/mol. The van der Waals surface area contributed by atoms with Crippen LogP contribution in [-0.2, 0) is 6.18 Å². The largest absolute Gasteiger partial charge is 0.419 e. The Morgan fingerprint density at radius 3 is 2.05 bits per heavy atom. The monoisotopic (exact) mass is 289 g/mol. The molecule has 1 nitrogen and oxygen atoms in total. The number of halogens is 7. The summed E-state index contributed by atoms with van der Waals surface area (Å²) in [6, 6.07) is -1.02. The summed E-state index contributed by atoms with van der Waals surface area (Å²) < 4.78 is 88.0. The first-order valence-corrected chi connectivity index (χ1v) is 5.24. The van der Waals surface area contributed by atoms with E-state index >= 15 is 0 Å². The first-order chi connectivity index (χ1) is 8.57. The van der Waals surface area contributed by atoms with Crippen LogP contribution >= 0.6 is 0 Å². The number of hydrogen-bond acceptors (Lipinski definition) is 1. The Hall–Kier alpha value is -1.31. The van der Waals surface area contributed by atoms with Crippen molar-refractivity contribution in [1.82, 2.24) is 5.32 Å². The Morgan fingerprint density at radius 1 is 1.11 bits per heavy atom. The second-order valence-electron chi connectivity index (χ2n) is 3.77. The van der Waals surface area contributed by atoms with Crippen molar-refractivity contribution in [3.63, 3.8) is 0 Å². The van der Waals surface area contributed by atoms with Gasteiger partial charge in [-0.25, -0.2) is 4.39 Å². The van der Waals surface area contributed by atoms with Crippen LogP contribution in [0.5, 0.6) is 0 Å². The fraction of sp³-hybridized carbons (Fsp3) is 0.455. The van der Waals surface area contributed by atoms with E-state index < -0.39 is 35.3 Å². The molecule has 8 heteroatoms. The molecule has 0 aromatic heterocycles. The summed E-state index contributed by atoms with van der Waals surface area (Å²) in [6.07, 6.45) is -9.66. The number of hydrogen-bond donors (Lipinski definition) is 1. The van der Waals surface area contributed by atoms with Gasteiger partial charge in [0.1, 0.15) is 11.9 Å². The lowest BCUT2D eigenvalue weighted by Gasteiger charge is -2.22. The SMILES string of the molecule is CCNC(c1ccc(C(F)(F)F)c(F)c1)C(F)(F)F. The van der Waals surface area contributed by atoms with Crippen LogP contribution in [0.1, 0.15) is 24.1 Å². The number of benzene rings is 1. The molecule has 0 fully saturated rings. The highest BCUT2D eigenvalue weighted by Crippen LogP contribution is 2.36.